The summed E-state index contributed by atoms with van der Waals surface area (Å²) in [5.41, 5.74) is 5.14. The van der Waals surface area contributed by atoms with Crippen molar-refractivity contribution in [1.82, 2.24) is 0 Å². The summed E-state index contributed by atoms with van der Waals surface area (Å²) in [6, 6.07) is -1.04. The van der Waals surface area contributed by atoms with Crippen molar-refractivity contribution in [3.05, 3.63) is 0 Å². The fourth-order valence-electron chi connectivity index (χ4n) is 0.628. The SMILES string of the molecule is N[C@@H](CCC(=O)OCCO)C(=O)O. The van der Waals surface area contributed by atoms with Crippen LogP contribution in [-0.2, 0) is 14.3 Å². The number of nitrogens with two attached hydrogens (primary N) is 1. The van der Waals surface area contributed by atoms with Gasteiger partial charge in [0.1, 0.15) is 12.6 Å². The molecule has 0 radical (unpaired) electrons. The van der Waals surface area contributed by atoms with E-state index in [0.29, 0.717) is 0 Å². The van der Waals surface area contributed by atoms with Crippen LogP contribution in [0.5, 0.6) is 0 Å². The minimum atomic E-state index is -1.14. The van der Waals surface area contributed by atoms with Gasteiger partial charge in [-0.3, -0.25) is 9.59 Å². The van der Waals surface area contributed by atoms with Crippen molar-refractivity contribution in [2.45, 2.75) is 18.9 Å². The lowest BCUT2D eigenvalue weighted by molar-refractivity contribution is -0.145. The number of rotatable bonds is 6. The molecular weight excluding hydrogens is 178 g/mol. The molecule has 0 saturated heterocycles. The van der Waals surface area contributed by atoms with Gasteiger partial charge >= 0.3 is 11.9 Å². The zero-order chi connectivity index (χ0) is 10.3. The number of hydrogen-bond donors (Lipinski definition) is 3. The number of ether oxygens (including phenoxy) is 1. The molecule has 0 aromatic carbocycles. The second kappa shape index (κ2) is 6.38. The second-order valence-corrected chi connectivity index (χ2v) is 2.43. The smallest absolute Gasteiger partial charge is 0.320 e. The van der Waals surface area contributed by atoms with Crippen LogP contribution in [0.15, 0.2) is 0 Å². The highest BCUT2D eigenvalue weighted by Crippen LogP contribution is 1.96. The Hall–Kier alpha value is -1.14. The molecule has 0 aromatic rings. The molecule has 6 heteroatoms. The van der Waals surface area contributed by atoms with Crippen molar-refractivity contribution in [3.8, 4) is 0 Å². The quantitative estimate of drug-likeness (QED) is 0.451. The molecular formula is C7H13NO5. The minimum Gasteiger partial charge on any atom is -0.480 e. The minimum absolute atomic E-state index is 0.0413. The zero-order valence-electron chi connectivity index (χ0n) is 7.10. The first kappa shape index (κ1) is 11.9. The zero-order valence-corrected chi connectivity index (χ0v) is 7.10. The summed E-state index contributed by atoms with van der Waals surface area (Å²) < 4.78 is 4.48. The first-order valence-electron chi connectivity index (χ1n) is 3.82. The highest BCUT2D eigenvalue weighted by atomic mass is 16.5. The predicted molar refractivity (Wildman–Crippen MR) is 42.9 cm³/mol. The third-order valence-electron chi connectivity index (χ3n) is 1.33. The first-order valence-corrected chi connectivity index (χ1v) is 3.82. The molecule has 6 nitrogen and oxygen atoms in total. The molecule has 4 N–H and O–H groups in total. The number of esters is 1. The number of carbonyl (C=O) groups is 2. The van der Waals surface area contributed by atoms with Gasteiger partial charge in [-0.1, -0.05) is 0 Å². The number of hydrogen-bond acceptors (Lipinski definition) is 5. The molecule has 0 aliphatic carbocycles. The summed E-state index contributed by atoms with van der Waals surface area (Å²) in [5.74, 6) is -1.69. The fourth-order valence-corrected chi connectivity index (χ4v) is 0.628. The number of aliphatic hydroxyl groups excluding tert-OH is 1. The summed E-state index contributed by atoms with van der Waals surface area (Å²) in [5, 5.41) is 16.6. The third kappa shape index (κ3) is 6.06. The Morgan fingerprint density at radius 2 is 2.08 bits per heavy atom. The number of aliphatic hydroxyl groups is 1. The predicted octanol–water partition coefficient (Wildman–Crippen LogP) is -1.29. The number of aliphatic carboxylic acids is 1. The molecule has 0 rings (SSSR count). The number of carboxylic acid groups (broad SMARTS) is 1. The van der Waals surface area contributed by atoms with E-state index in [2.05, 4.69) is 4.74 Å². The summed E-state index contributed by atoms with van der Waals surface area (Å²) >= 11 is 0. The Bertz CT molecular complexity index is 182. The molecule has 0 saturated carbocycles. The van der Waals surface area contributed by atoms with Gasteiger partial charge < -0.3 is 20.7 Å². The molecule has 1 atom stereocenters. The van der Waals surface area contributed by atoms with Gasteiger partial charge in [-0.05, 0) is 6.42 Å². The van der Waals surface area contributed by atoms with Crippen molar-refractivity contribution < 1.29 is 24.5 Å². The summed E-state index contributed by atoms with van der Waals surface area (Å²) in [4.78, 5) is 21.0. The van der Waals surface area contributed by atoms with Crippen molar-refractivity contribution in [2.24, 2.45) is 5.73 Å². The Balaban J connectivity index is 3.52. The van der Waals surface area contributed by atoms with Gasteiger partial charge in [0.05, 0.1) is 6.61 Å². The van der Waals surface area contributed by atoms with Crippen molar-refractivity contribution >= 4 is 11.9 Å². The first-order chi connectivity index (χ1) is 6.07. The molecule has 0 amide bonds. The van der Waals surface area contributed by atoms with E-state index in [1.165, 1.54) is 0 Å². The average Bonchev–Trinajstić information content (AvgIpc) is 2.10. The maximum Gasteiger partial charge on any atom is 0.320 e. The molecule has 0 heterocycles. The molecule has 0 fully saturated rings. The lowest BCUT2D eigenvalue weighted by Crippen LogP contribution is -2.30. The van der Waals surface area contributed by atoms with Crippen LogP contribution in [0.1, 0.15) is 12.8 Å². The largest absolute Gasteiger partial charge is 0.480 e. The number of carbonyl (C=O) groups excluding carboxylic acids is 1. The average molecular weight is 191 g/mol. The Kier molecular flexibility index (Phi) is 5.82. The van der Waals surface area contributed by atoms with E-state index < -0.39 is 18.0 Å². The van der Waals surface area contributed by atoms with Crippen LogP contribution >= 0.6 is 0 Å². The van der Waals surface area contributed by atoms with Gasteiger partial charge in [-0.2, -0.15) is 0 Å². The maximum absolute atomic E-state index is 10.7. The van der Waals surface area contributed by atoms with E-state index in [4.69, 9.17) is 15.9 Å². The van der Waals surface area contributed by atoms with E-state index in [-0.39, 0.29) is 26.1 Å². The second-order valence-electron chi connectivity index (χ2n) is 2.43. The van der Waals surface area contributed by atoms with Gasteiger partial charge in [0.25, 0.3) is 0 Å². The summed E-state index contributed by atoms with van der Waals surface area (Å²) in [6.07, 6.45) is -0.00688. The Labute approximate surface area is 75.3 Å². The van der Waals surface area contributed by atoms with Crippen LogP contribution in [0.4, 0.5) is 0 Å². The van der Waals surface area contributed by atoms with E-state index in [0.717, 1.165) is 0 Å². The maximum atomic E-state index is 10.7. The summed E-state index contributed by atoms with van der Waals surface area (Å²) in [6.45, 7) is -0.308. The molecule has 0 aliphatic heterocycles. The molecule has 0 aromatic heterocycles. The van der Waals surface area contributed by atoms with Gasteiger partial charge in [0, 0.05) is 6.42 Å². The highest BCUT2D eigenvalue weighted by molar-refractivity contribution is 5.75. The van der Waals surface area contributed by atoms with Gasteiger partial charge in [0.2, 0.25) is 0 Å². The molecule has 0 aliphatic rings. The molecule has 13 heavy (non-hydrogen) atoms. The van der Waals surface area contributed by atoms with Gasteiger partial charge in [-0.15, -0.1) is 0 Å². The Morgan fingerprint density at radius 3 is 2.54 bits per heavy atom. The van der Waals surface area contributed by atoms with Crippen LogP contribution in [0.3, 0.4) is 0 Å². The molecule has 0 spiro atoms. The van der Waals surface area contributed by atoms with E-state index in [1.807, 2.05) is 0 Å². The van der Waals surface area contributed by atoms with Crippen molar-refractivity contribution in [2.75, 3.05) is 13.2 Å². The lowest BCUT2D eigenvalue weighted by Gasteiger charge is -2.05. The van der Waals surface area contributed by atoms with E-state index in [1.54, 1.807) is 0 Å². The molecule has 0 bridgehead atoms. The standard InChI is InChI=1S/C7H13NO5/c8-5(7(11)12)1-2-6(10)13-4-3-9/h5,9H,1-4,8H2,(H,11,12)/t5-/m0/s1. The lowest BCUT2D eigenvalue weighted by atomic mass is 10.2. The molecule has 0 unspecified atom stereocenters. The van der Waals surface area contributed by atoms with Crippen LogP contribution in [0.2, 0.25) is 0 Å². The van der Waals surface area contributed by atoms with Crippen LogP contribution < -0.4 is 5.73 Å². The Morgan fingerprint density at radius 1 is 1.46 bits per heavy atom. The van der Waals surface area contributed by atoms with Crippen LogP contribution in [0, 0.1) is 0 Å². The normalized spacial score (nSPS) is 12.2. The van der Waals surface area contributed by atoms with E-state index >= 15 is 0 Å². The topological polar surface area (TPSA) is 110 Å². The van der Waals surface area contributed by atoms with Crippen molar-refractivity contribution in [1.29, 1.82) is 0 Å². The van der Waals surface area contributed by atoms with Crippen molar-refractivity contribution in [3.63, 3.8) is 0 Å². The highest BCUT2D eigenvalue weighted by Gasteiger charge is 2.13. The fraction of sp³-hybridized carbons (Fsp3) is 0.714. The van der Waals surface area contributed by atoms with E-state index in [9.17, 15) is 9.59 Å². The molecule has 76 valence electrons. The monoisotopic (exact) mass is 191 g/mol. The third-order valence-corrected chi connectivity index (χ3v) is 1.33. The van der Waals surface area contributed by atoms with Gasteiger partial charge in [0.15, 0.2) is 0 Å². The van der Waals surface area contributed by atoms with Crippen LogP contribution in [-0.4, -0.2) is 41.4 Å². The van der Waals surface area contributed by atoms with Gasteiger partial charge in [-0.25, -0.2) is 0 Å². The number of carboxylic acids is 1. The van der Waals surface area contributed by atoms with Crippen LogP contribution in [0.25, 0.3) is 0 Å². The summed E-state index contributed by atoms with van der Waals surface area (Å²) in [7, 11) is 0.